The molecule has 0 atom stereocenters. The molecular formula is C7H8BN3O2S. The Balaban J connectivity index is 2.52. The van der Waals surface area contributed by atoms with Crippen LogP contribution in [0.25, 0.3) is 11.4 Å². The normalized spacial score (nSPS) is 10.5. The molecule has 0 unspecified atom stereocenters. The van der Waals surface area contributed by atoms with E-state index in [4.69, 9.17) is 10.0 Å². The van der Waals surface area contributed by atoms with E-state index in [2.05, 4.69) is 10.1 Å². The predicted octanol–water partition coefficient (Wildman–Crippen LogP) is -0.777. The van der Waals surface area contributed by atoms with E-state index >= 15 is 0 Å². The molecule has 0 aromatic carbocycles. The lowest BCUT2D eigenvalue weighted by Gasteiger charge is -1.95. The van der Waals surface area contributed by atoms with E-state index in [1.807, 2.05) is 5.38 Å². The Labute approximate surface area is 84.8 Å². The van der Waals surface area contributed by atoms with E-state index in [1.54, 1.807) is 18.8 Å². The van der Waals surface area contributed by atoms with Crippen molar-refractivity contribution in [2.24, 2.45) is 7.05 Å². The maximum Gasteiger partial charge on any atom is 0.492 e. The number of hydrogen-bond acceptors (Lipinski definition) is 5. The maximum atomic E-state index is 9.09. The van der Waals surface area contributed by atoms with Gasteiger partial charge in [-0.05, 0) is 0 Å². The van der Waals surface area contributed by atoms with Crippen molar-refractivity contribution in [3.8, 4) is 11.4 Å². The zero-order valence-electron chi connectivity index (χ0n) is 7.45. The fourth-order valence-electron chi connectivity index (χ4n) is 1.22. The lowest BCUT2D eigenvalue weighted by Crippen LogP contribution is -2.30. The lowest BCUT2D eigenvalue weighted by molar-refractivity contribution is 0.426. The van der Waals surface area contributed by atoms with Gasteiger partial charge in [-0.1, -0.05) is 0 Å². The fraction of sp³-hybridized carbons (Fsp3) is 0.143. The summed E-state index contributed by atoms with van der Waals surface area (Å²) in [7, 11) is 0.210. The molecule has 2 aromatic heterocycles. The first-order valence-corrected chi connectivity index (χ1v) is 4.91. The van der Waals surface area contributed by atoms with Crippen LogP contribution in [0.2, 0.25) is 0 Å². The highest BCUT2D eigenvalue weighted by molar-refractivity contribution is 7.07. The second-order valence-corrected chi connectivity index (χ2v) is 3.57. The number of hydrogen-bond donors (Lipinski definition) is 2. The van der Waals surface area contributed by atoms with Crippen LogP contribution in [0.4, 0.5) is 0 Å². The fourth-order valence-corrected chi connectivity index (χ4v) is 1.76. The van der Waals surface area contributed by atoms with Gasteiger partial charge in [-0.25, -0.2) is 4.98 Å². The van der Waals surface area contributed by atoms with Gasteiger partial charge < -0.3 is 10.0 Å². The van der Waals surface area contributed by atoms with E-state index in [-0.39, 0.29) is 0 Å². The third-order valence-corrected chi connectivity index (χ3v) is 2.40. The average Bonchev–Trinajstić information content (AvgIpc) is 2.70. The van der Waals surface area contributed by atoms with Gasteiger partial charge in [0.1, 0.15) is 11.4 Å². The van der Waals surface area contributed by atoms with E-state index in [0.29, 0.717) is 16.9 Å². The van der Waals surface area contributed by atoms with E-state index < -0.39 is 7.12 Å². The molecule has 0 spiro atoms. The van der Waals surface area contributed by atoms with Crippen LogP contribution in [0.3, 0.4) is 0 Å². The summed E-state index contributed by atoms with van der Waals surface area (Å²) < 4.78 is 1.53. The van der Waals surface area contributed by atoms with Crippen LogP contribution in [-0.2, 0) is 7.05 Å². The van der Waals surface area contributed by atoms with Gasteiger partial charge in [0.2, 0.25) is 0 Å². The monoisotopic (exact) mass is 209 g/mol. The Morgan fingerprint density at radius 3 is 2.86 bits per heavy atom. The molecule has 14 heavy (non-hydrogen) atoms. The highest BCUT2D eigenvalue weighted by Gasteiger charge is 2.21. The van der Waals surface area contributed by atoms with Crippen LogP contribution >= 0.6 is 11.3 Å². The summed E-state index contributed by atoms with van der Waals surface area (Å²) in [6.07, 6.45) is 1.57. The molecule has 0 saturated carbocycles. The molecule has 2 N–H and O–H groups in total. The van der Waals surface area contributed by atoms with Crippen LogP contribution in [0.1, 0.15) is 0 Å². The summed E-state index contributed by atoms with van der Waals surface area (Å²) >= 11 is 1.44. The zero-order valence-corrected chi connectivity index (χ0v) is 8.27. The third kappa shape index (κ3) is 1.57. The molecule has 0 amide bonds. The molecule has 0 radical (unpaired) electrons. The van der Waals surface area contributed by atoms with Crippen LogP contribution < -0.4 is 5.46 Å². The number of aryl methyl sites for hydroxylation is 1. The van der Waals surface area contributed by atoms with Crippen molar-refractivity contribution >= 4 is 23.9 Å². The van der Waals surface area contributed by atoms with Gasteiger partial charge in [0, 0.05) is 24.1 Å². The van der Waals surface area contributed by atoms with E-state index in [0.717, 1.165) is 0 Å². The molecule has 0 aliphatic carbocycles. The largest absolute Gasteiger partial charge is 0.492 e. The van der Waals surface area contributed by atoms with Gasteiger partial charge in [0.25, 0.3) is 0 Å². The Hall–Kier alpha value is -1.18. The zero-order chi connectivity index (χ0) is 10.1. The van der Waals surface area contributed by atoms with Crippen LogP contribution in [0.15, 0.2) is 17.1 Å². The van der Waals surface area contributed by atoms with E-state index in [1.165, 1.54) is 16.0 Å². The summed E-state index contributed by atoms with van der Waals surface area (Å²) in [6, 6.07) is 0. The minimum Gasteiger partial charge on any atom is -0.423 e. The number of nitrogens with zero attached hydrogens (tertiary/aromatic N) is 3. The minimum atomic E-state index is -1.51. The molecule has 2 aromatic rings. The van der Waals surface area contributed by atoms with E-state index in [9.17, 15) is 0 Å². The van der Waals surface area contributed by atoms with Gasteiger partial charge in [-0.15, -0.1) is 11.3 Å². The Bertz CT molecular complexity index is 426. The number of thiazole rings is 1. The molecule has 0 bridgehead atoms. The predicted molar refractivity (Wildman–Crippen MR) is 54.1 cm³/mol. The van der Waals surface area contributed by atoms with Crippen molar-refractivity contribution in [2.45, 2.75) is 0 Å². The summed E-state index contributed by atoms with van der Waals surface area (Å²) in [5, 5.41) is 24.1. The first kappa shape index (κ1) is 9.38. The topological polar surface area (TPSA) is 71.2 Å². The molecule has 7 heteroatoms. The van der Waals surface area contributed by atoms with Crippen LogP contribution in [0.5, 0.6) is 0 Å². The Morgan fingerprint density at radius 2 is 2.29 bits per heavy atom. The van der Waals surface area contributed by atoms with Crippen LogP contribution in [0, 0.1) is 0 Å². The third-order valence-electron chi connectivity index (χ3n) is 1.81. The molecule has 2 rings (SSSR count). The van der Waals surface area contributed by atoms with Gasteiger partial charge in [-0.3, -0.25) is 4.68 Å². The number of aromatic nitrogens is 3. The molecular weight excluding hydrogens is 201 g/mol. The van der Waals surface area contributed by atoms with Crippen molar-refractivity contribution in [1.82, 2.24) is 14.8 Å². The van der Waals surface area contributed by atoms with Gasteiger partial charge in [0.15, 0.2) is 0 Å². The van der Waals surface area contributed by atoms with Gasteiger partial charge in [-0.2, -0.15) is 5.10 Å². The second-order valence-electron chi connectivity index (χ2n) is 2.85. The Kier molecular flexibility index (Phi) is 2.36. The standard InChI is InChI=1S/C7H8BN3O2S/c1-11-2-5(8(12)13)7(10-11)6-3-14-4-9-6/h2-4,12-13H,1H3. The molecule has 0 saturated heterocycles. The van der Waals surface area contributed by atoms with Gasteiger partial charge in [0.05, 0.1) is 5.51 Å². The molecule has 2 heterocycles. The first-order valence-electron chi connectivity index (χ1n) is 3.96. The number of rotatable bonds is 2. The SMILES string of the molecule is Cn1cc(B(O)O)c(-c2cscn2)n1. The summed E-state index contributed by atoms with van der Waals surface area (Å²) in [4.78, 5) is 4.06. The summed E-state index contributed by atoms with van der Waals surface area (Å²) in [5.41, 5.74) is 3.23. The van der Waals surface area contributed by atoms with Crippen molar-refractivity contribution < 1.29 is 10.0 Å². The highest BCUT2D eigenvalue weighted by Crippen LogP contribution is 2.14. The molecule has 0 aliphatic heterocycles. The van der Waals surface area contributed by atoms with Crippen molar-refractivity contribution in [3.63, 3.8) is 0 Å². The van der Waals surface area contributed by atoms with Crippen LogP contribution in [-0.4, -0.2) is 31.9 Å². The minimum absolute atomic E-state index is 0.374. The lowest BCUT2D eigenvalue weighted by atomic mass is 9.80. The van der Waals surface area contributed by atoms with Crippen molar-refractivity contribution in [1.29, 1.82) is 0 Å². The summed E-state index contributed by atoms with van der Waals surface area (Å²) in [6.45, 7) is 0. The van der Waals surface area contributed by atoms with Crippen molar-refractivity contribution in [2.75, 3.05) is 0 Å². The highest BCUT2D eigenvalue weighted by atomic mass is 32.1. The second kappa shape index (κ2) is 3.53. The molecule has 0 fully saturated rings. The van der Waals surface area contributed by atoms with Crippen molar-refractivity contribution in [3.05, 3.63) is 17.1 Å². The quantitative estimate of drug-likeness (QED) is 0.636. The van der Waals surface area contributed by atoms with Gasteiger partial charge >= 0.3 is 7.12 Å². The summed E-state index contributed by atoms with van der Waals surface area (Å²) in [5.74, 6) is 0. The maximum absolute atomic E-state index is 9.09. The molecule has 5 nitrogen and oxygen atoms in total. The average molecular weight is 209 g/mol. The molecule has 72 valence electrons. The smallest absolute Gasteiger partial charge is 0.423 e. The molecule has 0 aliphatic rings. The Morgan fingerprint density at radius 1 is 1.50 bits per heavy atom. The first-order chi connectivity index (χ1) is 6.68.